The Hall–Kier alpha value is -3.16. The van der Waals surface area contributed by atoms with E-state index in [-0.39, 0.29) is 16.9 Å². The number of carbonyl (C=O) groups is 1. The Kier molecular flexibility index (Phi) is 7.76. The maximum absolute atomic E-state index is 13.0. The molecule has 1 fully saturated rings. The molecule has 0 saturated carbocycles. The van der Waals surface area contributed by atoms with Crippen molar-refractivity contribution in [3.63, 3.8) is 0 Å². The summed E-state index contributed by atoms with van der Waals surface area (Å²) in [6, 6.07) is 18.1. The number of hydrogen-bond acceptors (Lipinski definition) is 4. The molecular weight excluding hydrogens is 460 g/mol. The molecule has 0 radical (unpaired) electrons. The molecule has 198 valence electrons. The smallest absolute Gasteiger partial charge is 0.308 e. The third kappa shape index (κ3) is 6.99. The number of anilines is 2. The average molecular weight is 503 g/mol. The van der Waals surface area contributed by atoms with Gasteiger partial charge in [0.15, 0.2) is 0 Å². The van der Waals surface area contributed by atoms with E-state index in [9.17, 15) is 4.79 Å². The standard InChI is InChI=1S/C30H42N6O/c1-29(2,3)23-11-13-24(14-12-23)31-28(37)32-27-20-26(30(4,5)6)33-36(27)25-10-8-9-22(19-25)21-35-17-15-34(7)16-18-35/h8-14,19-20H,15-18,21H2,1-7H3,(H2,31,32,37). The van der Waals surface area contributed by atoms with Crippen molar-refractivity contribution in [1.29, 1.82) is 0 Å². The van der Waals surface area contributed by atoms with Gasteiger partial charge in [-0.1, -0.05) is 65.8 Å². The van der Waals surface area contributed by atoms with E-state index < -0.39 is 0 Å². The number of hydrogen-bond donors (Lipinski definition) is 2. The minimum absolute atomic E-state index is 0.0650. The van der Waals surface area contributed by atoms with Gasteiger partial charge in [0.25, 0.3) is 0 Å². The fourth-order valence-electron chi connectivity index (χ4n) is 4.42. The zero-order chi connectivity index (χ0) is 26.8. The Morgan fingerprint density at radius 3 is 2.16 bits per heavy atom. The summed E-state index contributed by atoms with van der Waals surface area (Å²) in [4.78, 5) is 17.8. The van der Waals surface area contributed by atoms with Gasteiger partial charge in [0, 0.05) is 49.9 Å². The number of rotatable bonds is 5. The Labute approximate surface area is 221 Å². The van der Waals surface area contributed by atoms with Gasteiger partial charge in [0.1, 0.15) is 5.82 Å². The number of likely N-dealkylation sites (N-methyl/N-ethyl adjacent to an activating group) is 1. The summed E-state index contributed by atoms with van der Waals surface area (Å²) in [7, 11) is 2.17. The quantitative estimate of drug-likeness (QED) is 0.459. The molecule has 1 aliphatic rings. The predicted octanol–water partition coefficient (Wildman–Crippen LogP) is 5.86. The first kappa shape index (κ1) is 26.9. The highest BCUT2D eigenvalue weighted by molar-refractivity contribution is 5.99. The second kappa shape index (κ2) is 10.7. The van der Waals surface area contributed by atoms with Gasteiger partial charge in [0.05, 0.1) is 11.4 Å². The van der Waals surface area contributed by atoms with Crippen LogP contribution in [0.4, 0.5) is 16.3 Å². The molecular formula is C30H42N6O. The number of nitrogens with zero attached hydrogens (tertiary/aromatic N) is 4. The summed E-state index contributed by atoms with van der Waals surface area (Å²) in [5.74, 6) is 0.644. The van der Waals surface area contributed by atoms with Crippen molar-refractivity contribution in [3.8, 4) is 5.69 Å². The van der Waals surface area contributed by atoms with E-state index in [0.29, 0.717) is 5.82 Å². The van der Waals surface area contributed by atoms with Crippen molar-refractivity contribution in [2.75, 3.05) is 43.9 Å². The number of carbonyl (C=O) groups excluding carboxylic acids is 1. The lowest BCUT2D eigenvalue weighted by atomic mass is 9.87. The lowest BCUT2D eigenvalue weighted by Crippen LogP contribution is -2.43. The van der Waals surface area contributed by atoms with Crippen LogP contribution in [-0.4, -0.2) is 58.8 Å². The monoisotopic (exact) mass is 502 g/mol. The number of benzene rings is 2. The van der Waals surface area contributed by atoms with E-state index in [1.165, 1.54) is 11.1 Å². The van der Waals surface area contributed by atoms with Crippen LogP contribution in [0.5, 0.6) is 0 Å². The highest BCUT2D eigenvalue weighted by Gasteiger charge is 2.22. The highest BCUT2D eigenvalue weighted by Crippen LogP contribution is 2.27. The normalized spacial score (nSPS) is 15.5. The molecule has 2 amide bonds. The fourth-order valence-corrected chi connectivity index (χ4v) is 4.42. The molecule has 1 aromatic heterocycles. The van der Waals surface area contributed by atoms with Crippen LogP contribution in [0, 0.1) is 0 Å². The van der Waals surface area contributed by atoms with E-state index in [1.807, 2.05) is 28.9 Å². The van der Waals surface area contributed by atoms with E-state index in [2.05, 4.69) is 99.4 Å². The van der Waals surface area contributed by atoms with Crippen LogP contribution in [0.25, 0.3) is 5.69 Å². The molecule has 0 spiro atoms. The lowest BCUT2D eigenvalue weighted by molar-refractivity contribution is 0.148. The molecule has 0 aliphatic carbocycles. The van der Waals surface area contributed by atoms with Crippen molar-refractivity contribution in [3.05, 3.63) is 71.4 Å². The van der Waals surface area contributed by atoms with Crippen molar-refractivity contribution in [1.82, 2.24) is 19.6 Å². The van der Waals surface area contributed by atoms with Crippen molar-refractivity contribution < 1.29 is 4.79 Å². The molecule has 3 aromatic rings. The molecule has 0 unspecified atom stereocenters. The largest absolute Gasteiger partial charge is 0.324 e. The number of piperazine rings is 1. The van der Waals surface area contributed by atoms with Crippen molar-refractivity contribution >= 4 is 17.5 Å². The van der Waals surface area contributed by atoms with Gasteiger partial charge in [-0.25, -0.2) is 9.48 Å². The second-order valence-corrected chi connectivity index (χ2v) is 12.2. The summed E-state index contributed by atoms with van der Waals surface area (Å²) >= 11 is 0. The molecule has 1 aliphatic heterocycles. The predicted molar refractivity (Wildman–Crippen MR) is 153 cm³/mol. The molecule has 2 heterocycles. The van der Waals surface area contributed by atoms with Gasteiger partial charge < -0.3 is 10.2 Å². The highest BCUT2D eigenvalue weighted by atomic mass is 16.2. The van der Waals surface area contributed by atoms with Gasteiger partial charge >= 0.3 is 6.03 Å². The first-order valence-corrected chi connectivity index (χ1v) is 13.2. The first-order chi connectivity index (χ1) is 17.4. The molecule has 37 heavy (non-hydrogen) atoms. The maximum Gasteiger partial charge on any atom is 0.324 e. The van der Waals surface area contributed by atoms with Gasteiger partial charge in [-0.05, 0) is 47.9 Å². The average Bonchev–Trinajstić information content (AvgIpc) is 3.25. The molecule has 0 atom stereocenters. The Morgan fingerprint density at radius 1 is 0.865 bits per heavy atom. The van der Waals surface area contributed by atoms with Crippen LogP contribution >= 0.6 is 0 Å². The third-order valence-electron chi connectivity index (χ3n) is 6.89. The summed E-state index contributed by atoms with van der Waals surface area (Å²) in [5, 5.41) is 10.9. The summed E-state index contributed by atoms with van der Waals surface area (Å²) in [5.41, 5.74) is 4.98. The number of aromatic nitrogens is 2. The van der Waals surface area contributed by atoms with Gasteiger partial charge in [-0.15, -0.1) is 0 Å². The zero-order valence-electron chi connectivity index (χ0n) is 23.4. The summed E-state index contributed by atoms with van der Waals surface area (Å²) in [6.45, 7) is 18.1. The van der Waals surface area contributed by atoms with E-state index in [1.54, 1.807) is 0 Å². The molecule has 7 nitrogen and oxygen atoms in total. The van der Waals surface area contributed by atoms with Gasteiger partial charge in [0.2, 0.25) is 0 Å². The van der Waals surface area contributed by atoms with E-state index in [4.69, 9.17) is 5.10 Å². The lowest BCUT2D eigenvalue weighted by Gasteiger charge is -2.32. The molecule has 4 rings (SSSR count). The molecule has 2 aromatic carbocycles. The van der Waals surface area contributed by atoms with Gasteiger partial charge in [-0.3, -0.25) is 10.2 Å². The summed E-state index contributed by atoms with van der Waals surface area (Å²) < 4.78 is 1.84. The minimum atomic E-state index is -0.293. The van der Waals surface area contributed by atoms with Crippen LogP contribution < -0.4 is 10.6 Å². The van der Waals surface area contributed by atoms with Crippen molar-refractivity contribution in [2.45, 2.75) is 58.9 Å². The Balaban J connectivity index is 1.54. The zero-order valence-corrected chi connectivity index (χ0v) is 23.4. The summed E-state index contributed by atoms with van der Waals surface area (Å²) in [6.07, 6.45) is 0. The van der Waals surface area contributed by atoms with E-state index in [0.717, 1.165) is 49.8 Å². The number of nitrogens with one attached hydrogen (secondary N) is 2. The Morgan fingerprint density at radius 2 is 1.54 bits per heavy atom. The molecule has 0 bridgehead atoms. The molecule has 2 N–H and O–H groups in total. The van der Waals surface area contributed by atoms with Crippen LogP contribution in [0.15, 0.2) is 54.6 Å². The minimum Gasteiger partial charge on any atom is -0.308 e. The SMILES string of the molecule is CN1CCN(Cc2cccc(-n3nc(C(C)(C)C)cc3NC(=O)Nc3ccc(C(C)(C)C)cc3)c2)CC1. The first-order valence-electron chi connectivity index (χ1n) is 13.2. The van der Waals surface area contributed by atoms with Crippen LogP contribution in [0.1, 0.15) is 58.4 Å². The molecule has 1 saturated heterocycles. The molecule has 7 heteroatoms. The van der Waals surface area contributed by atoms with Crippen molar-refractivity contribution in [2.24, 2.45) is 0 Å². The number of urea groups is 1. The van der Waals surface area contributed by atoms with Crippen LogP contribution in [0.3, 0.4) is 0 Å². The maximum atomic E-state index is 13.0. The number of amides is 2. The topological polar surface area (TPSA) is 65.4 Å². The van der Waals surface area contributed by atoms with Crippen LogP contribution in [-0.2, 0) is 17.4 Å². The Bertz CT molecular complexity index is 1210. The van der Waals surface area contributed by atoms with E-state index >= 15 is 0 Å². The fraction of sp³-hybridized carbons (Fsp3) is 0.467. The second-order valence-electron chi connectivity index (χ2n) is 12.2. The van der Waals surface area contributed by atoms with Gasteiger partial charge in [-0.2, -0.15) is 5.10 Å². The third-order valence-corrected chi connectivity index (χ3v) is 6.89. The van der Waals surface area contributed by atoms with Crippen LogP contribution in [0.2, 0.25) is 0 Å².